The minimum atomic E-state index is 0.512. The second-order valence-corrected chi connectivity index (χ2v) is 10.2. The Kier molecular flexibility index (Phi) is 11.5. The molecule has 2 heterocycles. The van der Waals surface area contributed by atoms with Gasteiger partial charge >= 0.3 is 0 Å². The molecule has 0 aliphatic heterocycles. The van der Waals surface area contributed by atoms with E-state index in [0.717, 1.165) is 85.1 Å². The average Bonchev–Trinajstić information content (AvgIpc) is 3.00. The Hall–Kier alpha value is -4.46. The van der Waals surface area contributed by atoms with Gasteiger partial charge in [0.2, 0.25) is 0 Å². The van der Waals surface area contributed by atoms with Crippen LogP contribution in [0.15, 0.2) is 77.9 Å². The third-order valence-electron chi connectivity index (χ3n) is 6.35. The summed E-state index contributed by atoms with van der Waals surface area (Å²) in [5.41, 5.74) is 2.78. The SMILES string of the molecule is COc1ccc2nc(C=Cc3ccccn3)nc(NCCCCCCNC(=NCC(C)C)Nc3ccccc3)c2c1. The first kappa shape index (κ1) is 29.5. The molecule has 0 amide bonds. The molecule has 4 aromatic rings. The summed E-state index contributed by atoms with van der Waals surface area (Å²) in [6, 6.07) is 21.9. The number of para-hydroxylation sites is 1. The van der Waals surface area contributed by atoms with Gasteiger partial charge in [-0.1, -0.05) is 51.0 Å². The highest BCUT2D eigenvalue weighted by Gasteiger charge is 2.08. The van der Waals surface area contributed by atoms with Gasteiger partial charge in [-0.2, -0.15) is 0 Å². The quantitative estimate of drug-likeness (QED) is 0.0892. The van der Waals surface area contributed by atoms with Crippen molar-refractivity contribution in [2.75, 3.05) is 37.4 Å². The van der Waals surface area contributed by atoms with Crippen LogP contribution in [0.3, 0.4) is 0 Å². The number of aromatic nitrogens is 3. The Morgan fingerprint density at radius 3 is 2.46 bits per heavy atom. The van der Waals surface area contributed by atoms with Crippen LogP contribution in [0.5, 0.6) is 5.75 Å². The Balaban J connectivity index is 1.27. The lowest BCUT2D eigenvalue weighted by molar-refractivity contribution is 0.415. The fourth-order valence-corrected chi connectivity index (χ4v) is 4.19. The molecular formula is C33H41N7O. The van der Waals surface area contributed by atoms with Crippen molar-refractivity contribution < 1.29 is 4.74 Å². The van der Waals surface area contributed by atoms with Crippen molar-refractivity contribution >= 4 is 40.5 Å². The lowest BCUT2D eigenvalue weighted by atomic mass is 10.2. The topological polar surface area (TPSA) is 96.4 Å². The number of hydrogen-bond donors (Lipinski definition) is 3. The lowest BCUT2D eigenvalue weighted by Crippen LogP contribution is -2.32. The number of nitrogens with zero attached hydrogens (tertiary/aromatic N) is 4. The molecule has 0 radical (unpaired) electrons. The maximum atomic E-state index is 5.45. The predicted molar refractivity (Wildman–Crippen MR) is 171 cm³/mol. The van der Waals surface area contributed by atoms with E-state index in [1.807, 2.05) is 66.7 Å². The normalized spacial score (nSPS) is 11.8. The van der Waals surface area contributed by atoms with Crippen LogP contribution < -0.4 is 20.7 Å². The van der Waals surface area contributed by atoms with Crippen molar-refractivity contribution in [2.24, 2.45) is 10.9 Å². The van der Waals surface area contributed by atoms with Crippen molar-refractivity contribution in [3.8, 4) is 5.75 Å². The summed E-state index contributed by atoms with van der Waals surface area (Å²) in [5.74, 6) is 3.59. The van der Waals surface area contributed by atoms with E-state index in [1.165, 1.54) is 0 Å². The minimum absolute atomic E-state index is 0.512. The zero-order chi connectivity index (χ0) is 28.7. The molecule has 2 aromatic carbocycles. The molecule has 41 heavy (non-hydrogen) atoms. The third-order valence-corrected chi connectivity index (χ3v) is 6.35. The van der Waals surface area contributed by atoms with Crippen molar-refractivity contribution in [3.05, 3.63) is 84.4 Å². The molecular weight excluding hydrogens is 510 g/mol. The monoisotopic (exact) mass is 551 g/mol. The van der Waals surface area contributed by atoms with Gasteiger partial charge in [0, 0.05) is 36.9 Å². The molecule has 0 spiro atoms. The molecule has 8 nitrogen and oxygen atoms in total. The second-order valence-electron chi connectivity index (χ2n) is 10.2. The van der Waals surface area contributed by atoms with Crippen molar-refractivity contribution in [1.29, 1.82) is 0 Å². The Morgan fingerprint density at radius 2 is 1.71 bits per heavy atom. The van der Waals surface area contributed by atoms with Gasteiger partial charge in [0.25, 0.3) is 0 Å². The first-order valence-electron chi connectivity index (χ1n) is 14.4. The van der Waals surface area contributed by atoms with E-state index in [9.17, 15) is 0 Å². The van der Waals surface area contributed by atoms with Crippen LogP contribution in [0.4, 0.5) is 11.5 Å². The molecule has 4 rings (SSSR count). The number of pyridine rings is 1. The lowest BCUT2D eigenvalue weighted by Gasteiger charge is -2.13. The summed E-state index contributed by atoms with van der Waals surface area (Å²) in [7, 11) is 1.67. The van der Waals surface area contributed by atoms with Crippen LogP contribution >= 0.6 is 0 Å². The number of anilines is 2. The van der Waals surface area contributed by atoms with Crippen molar-refractivity contribution in [2.45, 2.75) is 39.5 Å². The van der Waals surface area contributed by atoms with E-state index in [-0.39, 0.29) is 0 Å². The smallest absolute Gasteiger partial charge is 0.195 e. The Labute approximate surface area is 243 Å². The molecule has 3 N–H and O–H groups in total. The third kappa shape index (κ3) is 9.90. The van der Waals surface area contributed by atoms with Gasteiger partial charge in [0.1, 0.15) is 11.6 Å². The molecule has 0 aliphatic carbocycles. The number of guanidine groups is 1. The molecule has 0 atom stereocenters. The van der Waals surface area contributed by atoms with E-state index in [1.54, 1.807) is 13.3 Å². The number of aliphatic imine (C=N–C) groups is 1. The maximum absolute atomic E-state index is 5.45. The summed E-state index contributed by atoms with van der Waals surface area (Å²) in [4.78, 5) is 18.6. The molecule has 214 valence electrons. The molecule has 0 unspecified atom stereocenters. The summed E-state index contributed by atoms with van der Waals surface area (Å²) in [5, 5.41) is 11.4. The van der Waals surface area contributed by atoms with E-state index < -0.39 is 0 Å². The number of benzene rings is 2. The Bertz CT molecular complexity index is 1410. The summed E-state index contributed by atoms with van der Waals surface area (Å²) in [6.45, 7) is 6.86. The van der Waals surface area contributed by atoms with Crippen LogP contribution in [0.2, 0.25) is 0 Å². The number of ether oxygens (including phenoxy) is 1. The zero-order valence-electron chi connectivity index (χ0n) is 24.3. The molecule has 0 saturated carbocycles. The fourth-order valence-electron chi connectivity index (χ4n) is 4.19. The Morgan fingerprint density at radius 1 is 0.902 bits per heavy atom. The van der Waals surface area contributed by atoms with E-state index in [2.05, 4.69) is 46.9 Å². The molecule has 0 fully saturated rings. The van der Waals surface area contributed by atoms with Gasteiger partial charge in [-0.05, 0) is 73.4 Å². The van der Waals surface area contributed by atoms with Crippen LogP contribution in [-0.2, 0) is 0 Å². The molecule has 8 heteroatoms. The minimum Gasteiger partial charge on any atom is -0.497 e. The first-order valence-corrected chi connectivity index (χ1v) is 14.4. The average molecular weight is 552 g/mol. The van der Waals surface area contributed by atoms with Gasteiger partial charge in [-0.25, -0.2) is 9.97 Å². The summed E-state index contributed by atoms with van der Waals surface area (Å²) in [6.07, 6.45) is 9.98. The van der Waals surface area contributed by atoms with Gasteiger partial charge < -0.3 is 20.7 Å². The largest absolute Gasteiger partial charge is 0.497 e. The first-order chi connectivity index (χ1) is 20.1. The van der Waals surface area contributed by atoms with E-state index in [4.69, 9.17) is 19.7 Å². The number of nitrogens with one attached hydrogen (secondary N) is 3. The number of hydrogen-bond acceptors (Lipinski definition) is 6. The van der Waals surface area contributed by atoms with Crippen molar-refractivity contribution in [3.63, 3.8) is 0 Å². The maximum Gasteiger partial charge on any atom is 0.195 e. The van der Waals surface area contributed by atoms with Crippen LogP contribution in [0.1, 0.15) is 51.0 Å². The number of fused-ring (bicyclic) bond motifs is 1. The highest BCUT2D eigenvalue weighted by atomic mass is 16.5. The number of methoxy groups -OCH3 is 1. The van der Waals surface area contributed by atoms with Crippen molar-refractivity contribution in [1.82, 2.24) is 20.3 Å². The van der Waals surface area contributed by atoms with Crippen LogP contribution in [0.25, 0.3) is 23.1 Å². The van der Waals surface area contributed by atoms with E-state index in [0.29, 0.717) is 11.7 Å². The number of unbranched alkanes of at least 4 members (excludes halogenated alkanes) is 3. The van der Waals surface area contributed by atoms with Crippen LogP contribution in [-0.4, -0.2) is 47.7 Å². The van der Waals surface area contributed by atoms with Gasteiger partial charge in [0.15, 0.2) is 11.8 Å². The number of rotatable bonds is 14. The zero-order valence-corrected chi connectivity index (χ0v) is 24.3. The standard InChI is InChI=1S/C33H41N7O/c1-25(2)24-37-33(38-27-14-7-6-8-15-27)36-22-11-5-4-10-21-35-32-29-23-28(41-3)17-18-30(29)39-31(40-32)19-16-26-13-9-12-20-34-26/h6-9,12-20,23,25H,4-5,10-11,21-22,24H2,1-3H3,(H,35,39,40)(H2,36,37,38). The molecule has 0 bridgehead atoms. The van der Waals surface area contributed by atoms with Gasteiger partial charge in [-0.3, -0.25) is 9.98 Å². The molecule has 2 aromatic heterocycles. The summed E-state index contributed by atoms with van der Waals surface area (Å²) >= 11 is 0. The van der Waals surface area contributed by atoms with E-state index >= 15 is 0 Å². The van der Waals surface area contributed by atoms with Gasteiger partial charge in [-0.15, -0.1) is 0 Å². The fraction of sp³-hybridized carbons (Fsp3) is 0.333. The highest BCUT2D eigenvalue weighted by molar-refractivity contribution is 5.93. The summed E-state index contributed by atoms with van der Waals surface area (Å²) < 4.78 is 5.45. The molecule has 0 aliphatic rings. The second kappa shape index (κ2) is 16.0. The van der Waals surface area contributed by atoms with Crippen LogP contribution in [0, 0.1) is 5.92 Å². The molecule has 0 saturated heterocycles. The van der Waals surface area contributed by atoms with Gasteiger partial charge in [0.05, 0.1) is 18.3 Å². The predicted octanol–water partition coefficient (Wildman–Crippen LogP) is 6.89. The highest BCUT2D eigenvalue weighted by Crippen LogP contribution is 2.26.